The molecule has 0 bridgehead atoms. The van der Waals surface area contributed by atoms with Gasteiger partial charge in [0.15, 0.2) is 0 Å². The summed E-state index contributed by atoms with van der Waals surface area (Å²) in [6, 6.07) is 9.52. The SMILES string of the molecule is CNCc1ccc(CN2CCc3sccc3C2C)c(Br)c1. The largest absolute Gasteiger partial charge is 0.316 e. The second-order valence-electron chi connectivity index (χ2n) is 5.65. The molecule has 1 aliphatic heterocycles. The summed E-state index contributed by atoms with van der Waals surface area (Å²) in [5, 5.41) is 5.43. The Morgan fingerprint density at radius 1 is 1.38 bits per heavy atom. The molecule has 4 heteroatoms. The van der Waals surface area contributed by atoms with Crippen LogP contribution >= 0.6 is 27.3 Å². The van der Waals surface area contributed by atoms with E-state index in [0.717, 1.165) is 19.6 Å². The summed E-state index contributed by atoms with van der Waals surface area (Å²) in [5.74, 6) is 0. The van der Waals surface area contributed by atoms with E-state index in [2.05, 4.69) is 62.7 Å². The predicted octanol–water partition coefficient (Wildman–Crippen LogP) is 4.35. The minimum atomic E-state index is 0.517. The number of benzene rings is 1. The topological polar surface area (TPSA) is 15.3 Å². The maximum atomic E-state index is 3.74. The summed E-state index contributed by atoms with van der Waals surface area (Å²) < 4.78 is 1.22. The van der Waals surface area contributed by atoms with Crippen LogP contribution in [0.15, 0.2) is 34.1 Å². The number of fused-ring (bicyclic) bond motifs is 1. The molecule has 1 aromatic heterocycles. The van der Waals surface area contributed by atoms with Gasteiger partial charge in [0, 0.05) is 35.0 Å². The van der Waals surface area contributed by atoms with Gasteiger partial charge in [-0.3, -0.25) is 4.90 Å². The van der Waals surface area contributed by atoms with Gasteiger partial charge in [-0.05, 0) is 54.6 Å². The van der Waals surface area contributed by atoms with Crippen molar-refractivity contribution in [2.24, 2.45) is 0 Å². The molecule has 1 atom stereocenters. The number of hydrogen-bond acceptors (Lipinski definition) is 3. The highest BCUT2D eigenvalue weighted by Crippen LogP contribution is 2.34. The molecule has 0 spiro atoms. The van der Waals surface area contributed by atoms with E-state index in [9.17, 15) is 0 Å². The van der Waals surface area contributed by atoms with Crippen molar-refractivity contribution in [2.75, 3.05) is 13.6 Å². The summed E-state index contributed by atoms with van der Waals surface area (Å²) in [6.07, 6.45) is 1.19. The average Bonchev–Trinajstić information content (AvgIpc) is 2.94. The zero-order valence-corrected chi connectivity index (χ0v) is 14.9. The number of nitrogens with zero attached hydrogens (tertiary/aromatic N) is 1. The Kier molecular flexibility index (Phi) is 4.79. The van der Waals surface area contributed by atoms with E-state index in [1.807, 2.05) is 18.4 Å². The van der Waals surface area contributed by atoms with E-state index in [1.165, 1.54) is 27.6 Å². The van der Waals surface area contributed by atoms with E-state index < -0.39 is 0 Å². The minimum absolute atomic E-state index is 0.517. The molecule has 2 nitrogen and oxygen atoms in total. The lowest BCUT2D eigenvalue weighted by atomic mass is 10.0. The molecule has 0 saturated carbocycles. The Bertz CT molecular complexity index is 623. The van der Waals surface area contributed by atoms with Crippen LogP contribution in [-0.2, 0) is 19.5 Å². The highest BCUT2D eigenvalue weighted by Gasteiger charge is 2.24. The van der Waals surface area contributed by atoms with Crippen LogP contribution in [0.1, 0.15) is 34.5 Å². The lowest BCUT2D eigenvalue weighted by Gasteiger charge is -2.33. The first-order chi connectivity index (χ1) is 10.2. The van der Waals surface area contributed by atoms with Crippen LogP contribution in [0.2, 0.25) is 0 Å². The molecule has 1 unspecified atom stereocenters. The van der Waals surface area contributed by atoms with Gasteiger partial charge in [0.05, 0.1) is 0 Å². The molecule has 21 heavy (non-hydrogen) atoms. The molecule has 1 aromatic carbocycles. The van der Waals surface area contributed by atoms with E-state index in [0.29, 0.717) is 6.04 Å². The van der Waals surface area contributed by atoms with Gasteiger partial charge in [-0.2, -0.15) is 0 Å². The Morgan fingerprint density at radius 3 is 3.00 bits per heavy atom. The monoisotopic (exact) mass is 364 g/mol. The smallest absolute Gasteiger partial charge is 0.0334 e. The van der Waals surface area contributed by atoms with Gasteiger partial charge < -0.3 is 5.32 Å². The Labute approximate surface area is 139 Å². The first-order valence-electron chi connectivity index (χ1n) is 7.41. The Balaban J connectivity index is 1.75. The second-order valence-corrected chi connectivity index (χ2v) is 7.51. The Hall–Kier alpha value is -0.680. The molecule has 1 aliphatic rings. The van der Waals surface area contributed by atoms with Gasteiger partial charge >= 0.3 is 0 Å². The van der Waals surface area contributed by atoms with Crippen LogP contribution < -0.4 is 5.32 Å². The second kappa shape index (κ2) is 6.61. The molecule has 0 radical (unpaired) electrons. The van der Waals surface area contributed by atoms with Gasteiger partial charge in [0.25, 0.3) is 0 Å². The highest BCUT2D eigenvalue weighted by molar-refractivity contribution is 9.10. The molecule has 2 heterocycles. The molecular weight excluding hydrogens is 344 g/mol. The number of thiophene rings is 1. The quantitative estimate of drug-likeness (QED) is 0.867. The lowest BCUT2D eigenvalue weighted by molar-refractivity contribution is 0.191. The fourth-order valence-corrected chi connectivity index (χ4v) is 4.54. The van der Waals surface area contributed by atoms with Crippen molar-refractivity contribution in [3.8, 4) is 0 Å². The first kappa shape index (κ1) is 15.2. The van der Waals surface area contributed by atoms with Gasteiger partial charge in [0.2, 0.25) is 0 Å². The lowest BCUT2D eigenvalue weighted by Crippen LogP contribution is -2.32. The van der Waals surface area contributed by atoms with E-state index >= 15 is 0 Å². The number of halogens is 1. The number of nitrogens with one attached hydrogen (secondary N) is 1. The maximum Gasteiger partial charge on any atom is 0.0334 e. The van der Waals surface area contributed by atoms with Crippen LogP contribution in [0, 0.1) is 0 Å². The zero-order chi connectivity index (χ0) is 14.8. The Morgan fingerprint density at radius 2 is 2.24 bits per heavy atom. The van der Waals surface area contributed by atoms with Crippen molar-refractivity contribution < 1.29 is 0 Å². The van der Waals surface area contributed by atoms with E-state index in [1.54, 1.807) is 4.88 Å². The van der Waals surface area contributed by atoms with Crippen LogP contribution in [-0.4, -0.2) is 18.5 Å². The van der Waals surface area contributed by atoms with Crippen molar-refractivity contribution in [3.63, 3.8) is 0 Å². The molecule has 0 aliphatic carbocycles. The number of rotatable bonds is 4. The van der Waals surface area contributed by atoms with Crippen molar-refractivity contribution in [1.29, 1.82) is 0 Å². The minimum Gasteiger partial charge on any atom is -0.316 e. The van der Waals surface area contributed by atoms with Crippen LogP contribution in [0.5, 0.6) is 0 Å². The van der Waals surface area contributed by atoms with Crippen LogP contribution in [0.3, 0.4) is 0 Å². The molecule has 1 N–H and O–H groups in total. The fraction of sp³-hybridized carbons (Fsp3) is 0.412. The normalized spacial score (nSPS) is 18.7. The molecule has 2 aromatic rings. The molecular formula is C17H21BrN2S. The third-order valence-electron chi connectivity index (χ3n) is 4.28. The molecule has 0 fully saturated rings. The molecule has 0 amide bonds. The summed E-state index contributed by atoms with van der Waals surface area (Å²) in [4.78, 5) is 4.15. The van der Waals surface area contributed by atoms with Crippen LogP contribution in [0.25, 0.3) is 0 Å². The summed E-state index contributed by atoms with van der Waals surface area (Å²) in [6.45, 7) is 5.40. The fourth-order valence-electron chi connectivity index (χ4n) is 3.03. The van der Waals surface area contributed by atoms with Crippen molar-refractivity contribution in [1.82, 2.24) is 10.2 Å². The van der Waals surface area contributed by atoms with Crippen molar-refractivity contribution >= 4 is 27.3 Å². The molecule has 3 rings (SSSR count). The van der Waals surface area contributed by atoms with Gasteiger partial charge in [-0.15, -0.1) is 11.3 Å². The van der Waals surface area contributed by atoms with Crippen molar-refractivity contribution in [2.45, 2.75) is 32.5 Å². The van der Waals surface area contributed by atoms with Gasteiger partial charge in [-0.25, -0.2) is 0 Å². The molecule has 112 valence electrons. The summed E-state index contributed by atoms with van der Waals surface area (Å²) in [7, 11) is 1.98. The van der Waals surface area contributed by atoms with Crippen LogP contribution in [0.4, 0.5) is 0 Å². The van der Waals surface area contributed by atoms with E-state index in [-0.39, 0.29) is 0 Å². The van der Waals surface area contributed by atoms with Gasteiger partial charge in [0.1, 0.15) is 0 Å². The molecule has 0 saturated heterocycles. The summed E-state index contributed by atoms with van der Waals surface area (Å²) in [5.41, 5.74) is 4.22. The third kappa shape index (κ3) is 3.24. The average molecular weight is 365 g/mol. The standard InChI is InChI=1S/C17H21BrN2S/c1-12-15-6-8-21-17(15)5-7-20(12)11-14-4-3-13(10-19-2)9-16(14)18/h3-4,6,8-9,12,19H,5,7,10-11H2,1-2H3. The van der Waals surface area contributed by atoms with Gasteiger partial charge in [-0.1, -0.05) is 28.1 Å². The van der Waals surface area contributed by atoms with E-state index in [4.69, 9.17) is 0 Å². The summed E-state index contributed by atoms with van der Waals surface area (Å²) >= 11 is 5.64. The predicted molar refractivity (Wildman–Crippen MR) is 93.8 cm³/mol. The third-order valence-corrected chi connectivity index (χ3v) is 6.01. The zero-order valence-electron chi connectivity index (χ0n) is 12.5. The highest BCUT2D eigenvalue weighted by atomic mass is 79.9. The maximum absolute atomic E-state index is 3.74. The van der Waals surface area contributed by atoms with Crippen molar-refractivity contribution in [3.05, 3.63) is 55.7 Å². The first-order valence-corrected chi connectivity index (χ1v) is 9.08. The number of hydrogen-bond donors (Lipinski definition) is 1.